The number of halogens is 1. The Bertz CT molecular complexity index is 918. The Balaban J connectivity index is 1.69. The molecule has 3 rings (SSSR count). The largest absolute Gasteiger partial charge is 0.336 e. The predicted octanol–water partition coefficient (Wildman–Crippen LogP) is 3.61. The molecule has 0 saturated carbocycles. The Labute approximate surface area is 165 Å². The molecular formula is C20H23ClN2O3S. The Morgan fingerprint density at radius 3 is 2.11 bits per heavy atom. The van der Waals surface area contributed by atoms with Gasteiger partial charge in [0, 0.05) is 26.2 Å². The van der Waals surface area contributed by atoms with Crippen molar-refractivity contribution in [3.63, 3.8) is 0 Å². The number of piperazine rings is 1. The zero-order valence-electron chi connectivity index (χ0n) is 15.4. The average molecular weight is 407 g/mol. The van der Waals surface area contributed by atoms with Gasteiger partial charge in [-0.25, -0.2) is 8.42 Å². The lowest BCUT2D eigenvalue weighted by Crippen LogP contribution is -2.50. The van der Waals surface area contributed by atoms with E-state index in [1.54, 1.807) is 41.3 Å². The minimum Gasteiger partial charge on any atom is -0.336 e. The van der Waals surface area contributed by atoms with E-state index in [0.717, 1.165) is 5.56 Å². The van der Waals surface area contributed by atoms with E-state index in [0.29, 0.717) is 29.6 Å². The van der Waals surface area contributed by atoms with Crippen LogP contribution in [0.2, 0.25) is 5.02 Å². The second kappa shape index (κ2) is 8.00. The molecule has 0 atom stereocenters. The Morgan fingerprint density at radius 2 is 1.56 bits per heavy atom. The van der Waals surface area contributed by atoms with E-state index < -0.39 is 10.0 Å². The standard InChI is InChI=1S/C20H23ClN2O3S/c1-15(2)16-7-9-17(10-8-16)27(25,26)23-13-11-22(12-14-23)20(24)18-5-3-4-6-19(18)21/h3-10,15H,11-14H2,1-2H3. The minimum absolute atomic E-state index is 0.168. The molecule has 1 saturated heterocycles. The van der Waals surface area contributed by atoms with Gasteiger partial charge in [0.1, 0.15) is 0 Å². The topological polar surface area (TPSA) is 57.7 Å². The van der Waals surface area contributed by atoms with Crippen molar-refractivity contribution in [3.8, 4) is 0 Å². The first kappa shape index (κ1) is 19.9. The van der Waals surface area contributed by atoms with Crippen LogP contribution in [0.25, 0.3) is 0 Å². The molecule has 0 bridgehead atoms. The van der Waals surface area contributed by atoms with Gasteiger partial charge in [-0.05, 0) is 35.7 Å². The normalized spacial score (nSPS) is 15.9. The van der Waals surface area contributed by atoms with Crippen molar-refractivity contribution in [1.82, 2.24) is 9.21 Å². The van der Waals surface area contributed by atoms with E-state index >= 15 is 0 Å². The molecule has 0 radical (unpaired) electrons. The van der Waals surface area contributed by atoms with Gasteiger partial charge >= 0.3 is 0 Å². The molecule has 0 aliphatic carbocycles. The highest BCUT2D eigenvalue weighted by Crippen LogP contribution is 2.23. The van der Waals surface area contributed by atoms with E-state index in [4.69, 9.17) is 11.6 Å². The summed E-state index contributed by atoms with van der Waals surface area (Å²) in [5, 5.41) is 0.405. The molecule has 1 aliphatic rings. The van der Waals surface area contributed by atoms with Crippen molar-refractivity contribution in [3.05, 3.63) is 64.7 Å². The average Bonchev–Trinajstić information content (AvgIpc) is 2.68. The third kappa shape index (κ3) is 4.18. The first-order valence-electron chi connectivity index (χ1n) is 8.94. The minimum atomic E-state index is -3.56. The number of carbonyl (C=O) groups is 1. The Kier molecular flexibility index (Phi) is 5.89. The fourth-order valence-corrected chi connectivity index (χ4v) is 4.75. The van der Waals surface area contributed by atoms with Crippen molar-refractivity contribution >= 4 is 27.5 Å². The number of benzene rings is 2. The Morgan fingerprint density at radius 1 is 0.963 bits per heavy atom. The summed E-state index contributed by atoms with van der Waals surface area (Å²) < 4.78 is 27.2. The molecule has 144 valence electrons. The van der Waals surface area contributed by atoms with Crippen LogP contribution in [0.1, 0.15) is 35.7 Å². The van der Waals surface area contributed by atoms with Gasteiger partial charge in [0.2, 0.25) is 10.0 Å². The van der Waals surface area contributed by atoms with E-state index in [2.05, 4.69) is 13.8 Å². The maximum atomic E-state index is 12.9. The summed E-state index contributed by atoms with van der Waals surface area (Å²) >= 11 is 6.10. The van der Waals surface area contributed by atoms with E-state index in [1.807, 2.05) is 12.1 Å². The van der Waals surface area contributed by atoms with Gasteiger partial charge in [-0.1, -0.05) is 49.7 Å². The summed E-state index contributed by atoms with van der Waals surface area (Å²) in [6, 6.07) is 13.9. The monoisotopic (exact) mass is 406 g/mol. The molecule has 0 spiro atoms. The van der Waals surface area contributed by atoms with E-state index in [9.17, 15) is 13.2 Å². The lowest BCUT2D eigenvalue weighted by molar-refractivity contribution is 0.0698. The lowest BCUT2D eigenvalue weighted by atomic mass is 10.0. The van der Waals surface area contributed by atoms with Crippen LogP contribution in [0.3, 0.4) is 0 Å². The molecule has 1 fully saturated rings. The third-order valence-electron chi connectivity index (χ3n) is 4.81. The van der Waals surface area contributed by atoms with Crippen LogP contribution in [0.5, 0.6) is 0 Å². The van der Waals surface area contributed by atoms with Crippen molar-refractivity contribution in [1.29, 1.82) is 0 Å². The van der Waals surface area contributed by atoms with Gasteiger partial charge in [0.25, 0.3) is 5.91 Å². The number of amides is 1. The molecule has 0 aromatic heterocycles. The molecule has 7 heteroatoms. The number of sulfonamides is 1. The van der Waals surface area contributed by atoms with Crippen molar-refractivity contribution in [2.45, 2.75) is 24.7 Å². The number of carbonyl (C=O) groups excluding carboxylic acids is 1. The summed E-state index contributed by atoms with van der Waals surface area (Å²) in [5.74, 6) is 0.181. The van der Waals surface area contributed by atoms with Gasteiger partial charge in [-0.2, -0.15) is 4.31 Å². The lowest BCUT2D eigenvalue weighted by Gasteiger charge is -2.34. The van der Waals surface area contributed by atoms with E-state index in [-0.39, 0.29) is 23.9 Å². The molecule has 1 amide bonds. The van der Waals surface area contributed by atoms with Crippen LogP contribution in [-0.4, -0.2) is 49.7 Å². The quantitative estimate of drug-likeness (QED) is 0.779. The smallest absolute Gasteiger partial charge is 0.255 e. The van der Waals surface area contributed by atoms with Crippen molar-refractivity contribution < 1.29 is 13.2 Å². The molecule has 1 heterocycles. The molecule has 2 aromatic carbocycles. The van der Waals surface area contributed by atoms with Gasteiger partial charge in [-0.3, -0.25) is 4.79 Å². The van der Waals surface area contributed by atoms with Crippen LogP contribution in [0.15, 0.2) is 53.4 Å². The summed E-state index contributed by atoms with van der Waals surface area (Å²) in [4.78, 5) is 14.6. The van der Waals surface area contributed by atoms with Crippen LogP contribution in [0.4, 0.5) is 0 Å². The highest BCUT2D eigenvalue weighted by molar-refractivity contribution is 7.89. The maximum absolute atomic E-state index is 12.9. The predicted molar refractivity (Wildman–Crippen MR) is 107 cm³/mol. The molecular weight excluding hydrogens is 384 g/mol. The fraction of sp³-hybridized carbons (Fsp3) is 0.350. The molecule has 1 aliphatic heterocycles. The highest BCUT2D eigenvalue weighted by Gasteiger charge is 2.30. The SMILES string of the molecule is CC(C)c1ccc(S(=O)(=O)N2CCN(C(=O)c3ccccc3Cl)CC2)cc1. The molecule has 0 unspecified atom stereocenters. The van der Waals surface area contributed by atoms with Crippen LogP contribution >= 0.6 is 11.6 Å². The van der Waals surface area contributed by atoms with Gasteiger partial charge in [0.05, 0.1) is 15.5 Å². The second-order valence-electron chi connectivity index (χ2n) is 6.90. The summed E-state index contributed by atoms with van der Waals surface area (Å²) in [7, 11) is -3.56. The summed E-state index contributed by atoms with van der Waals surface area (Å²) in [5.41, 5.74) is 1.55. The van der Waals surface area contributed by atoms with Gasteiger partial charge in [-0.15, -0.1) is 0 Å². The van der Waals surface area contributed by atoms with E-state index in [1.165, 1.54) is 4.31 Å². The number of rotatable bonds is 4. The third-order valence-corrected chi connectivity index (χ3v) is 7.06. The molecule has 0 N–H and O–H groups in total. The first-order chi connectivity index (χ1) is 12.8. The van der Waals surface area contributed by atoms with Crippen LogP contribution in [0, 0.1) is 0 Å². The molecule has 2 aromatic rings. The zero-order chi connectivity index (χ0) is 19.6. The number of hydrogen-bond donors (Lipinski definition) is 0. The van der Waals surface area contributed by atoms with Crippen LogP contribution in [-0.2, 0) is 10.0 Å². The van der Waals surface area contributed by atoms with Gasteiger partial charge in [0.15, 0.2) is 0 Å². The van der Waals surface area contributed by atoms with Crippen molar-refractivity contribution in [2.24, 2.45) is 0 Å². The molecule has 5 nitrogen and oxygen atoms in total. The van der Waals surface area contributed by atoms with Crippen LogP contribution < -0.4 is 0 Å². The summed E-state index contributed by atoms with van der Waals surface area (Å²) in [6.45, 7) is 5.35. The second-order valence-corrected chi connectivity index (χ2v) is 9.25. The zero-order valence-corrected chi connectivity index (χ0v) is 17.0. The van der Waals surface area contributed by atoms with Crippen molar-refractivity contribution in [2.75, 3.05) is 26.2 Å². The highest BCUT2D eigenvalue weighted by atomic mass is 35.5. The Hall–Kier alpha value is -1.89. The fourth-order valence-electron chi connectivity index (χ4n) is 3.11. The maximum Gasteiger partial charge on any atom is 0.255 e. The van der Waals surface area contributed by atoms with Gasteiger partial charge < -0.3 is 4.90 Å². The number of hydrogen-bond acceptors (Lipinski definition) is 3. The first-order valence-corrected chi connectivity index (χ1v) is 10.8. The summed E-state index contributed by atoms with van der Waals surface area (Å²) in [6.07, 6.45) is 0. The number of nitrogens with zero attached hydrogens (tertiary/aromatic N) is 2. The molecule has 27 heavy (non-hydrogen) atoms.